The Morgan fingerprint density at radius 3 is 2.36 bits per heavy atom. The summed E-state index contributed by atoms with van der Waals surface area (Å²) in [6.07, 6.45) is -1.23. The van der Waals surface area contributed by atoms with Gasteiger partial charge in [0.1, 0.15) is 11.6 Å². The Morgan fingerprint density at radius 2 is 1.76 bits per heavy atom. The number of aliphatic hydroxyl groups is 1. The number of carbonyl (C=O) groups excluding carboxylic acids is 1. The summed E-state index contributed by atoms with van der Waals surface area (Å²) in [6.45, 7) is 0.313. The molecule has 0 bridgehead atoms. The Kier molecular flexibility index (Phi) is 6.61. The maximum Gasteiger partial charge on any atom is 0.223 e. The first kappa shape index (κ1) is 19.0. The molecular formula is C19H22F2N2O2. The van der Waals surface area contributed by atoms with E-state index < -0.39 is 11.9 Å². The number of aliphatic hydroxyl groups excluding tert-OH is 1. The van der Waals surface area contributed by atoms with Gasteiger partial charge >= 0.3 is 0 Å². The fraction of sp³-hybridized carbons (Fsp3) is 0.316. The quantitative estimate of drug-likeness (QED) is 0.809. The Morgan fingerprint density at radius 1 is 1.08 bits per heavy atom. The van der Waals surface area contributed by atoms with Gasteiger partial charge in [0.25, 0.3) is 0 Å². The number of halogens is 2. The largest absolute Gasteiger partial charge is 0.388 e. The van der Waals surface area contributed by atoms with Gasteiger partial charge in [-0.2, -0.15) is 0 Å². The van der Waals surface area contributed by atoms with E-state index in [1.165, 1.54) is 30.3 Å². The minimum Gasteiger partial charge on any atom is -0.388 e. The van der Waals surface area contributed by atoms with Crippen LogP contribution < -0.4 is 5.32 Å². The smallest absolute Gasteiger partial charge is 0.223 e. The molecule has 2 unspecified atom stereocenters. The van der Waals surface area contributed by atoms with Crippen molar-refractivity contribution in [3.63, 3.8) is 0 Å². The molecule has 134 valence electrons. The molecular weight excluding hydrogens is 326 g/mol. The summed E-state index contributed by atoms with van der Waals surface area (Å²) in [5.41, 5.74) is 1.23. The van der Waals surface area contributed by atoms with Crippen molar-refractivity contribution >= 4 is 5.91 Å². The summed E-state index contributed by atoms with van der Waals surface area (Å²) in [6, 6.07) is 11.5. The fourth-order valence-electron chi connectivity index (χ4n) is 2.57. The summed E-state index contributed by atoms with van der Waals surface area (Å²) in [5, 5.41) is 12.8. The second-order valence-electron chi connectivity index (χ2n) is 6.11. The third-order valence-corrected chi connectivity index (χ3v) is 3.98. The lowest BCUT2D eigenvalue weighted by Crippen LogP contribution is -2.35. The molecule has 0 fully saturated rings. The van der Waals surface area contributed by atoms with Crippen LogP contribution in [0.15, 0.2) is 48.5 Å². The predicted molar refractivity (Wildman–Crippen MR) is 91.8 cm³/mol. The van der Waals surface area contributed by atoms with Crippen LogP contribution in [0.3, 0.4) is 0 Å². The van der Waals surface area contributed by atoms with Crippen molar-refractivity contribution in [3.8, 4) is 0 Å². The molecule has 0 saturated heterocycles. The number of carbonyl (C=O) groups is 1. The minimum atomic E-state index is -1.07. The van der Waals surface area contributed by atoms with Gasteiger partial charge in [-0.05, 0) is 49.5 Å². The molecule has 0 radical (unpaired) electrons. The first-order valence-electron chi connectivity index (χ1n) is 7.99. The monoisotopic (exact) mass is 348 g/mol. The van der Waals surface area contributed by atoms with Crippen molar-refractivity contribution in [2.24, 2.45) is 0 Å². The highest BCUT2D eigenvalue weighted by Crippen LogP contribution is 2.19. The molecule has 0 aliphatic rings. The van der Waals surface area contributed by atoms with Crippen molar-refractivity contribution < 1.29 is 18.7 Å². The number of nitrogens with one attached hydrogen (secondary N) is 1. The highest BCUT2D eigenvalue weighted by molar-refractivity contribution is 5.76. The van der Waals surface area contributed by atoms with Crippen molar-refractivity contribution in [2.75, 3.05) is 20.6 Å². The van der Waals surface area contributed by atoms with E-state index in [-0.39, 0.29) is 24.2 Å². The van der Waals surface area contributed by atoms with Crippen LogP contribution in [0.5, 0.6) is 0 Å². The lowest BCUT2D eigenvalue weighted by atomic mass is 10.0. The predicted octanol–water partition coefficient (Wildman–Crippen LogP) is 2.81. The van der Waals surface area contributed by atoms with Gasteiger partial charge in [0.2, 0.25) is 5.91 Å². The van der Waals surface area contributed by atoms with Gasteiger partial charge in [-0.25, -0.2) is 8.78 Å². The maximum atomic E-state index is 13.2. The highest BCUT2D eigenvalue weighted by atomic mass is 19.1. The molecule has 2 N–H and O–H groups in total. The Balaban J connectivity index is 1.93. The zero-order chi connectivity index (χ0) is 18.4. The number of nitrogens with zero attached hydrogens (tertiary/aromatic N) is 1. The van der Waals surface area contributed by atoms with Crippen molar-refractivity contribution in [3.05, 3.63) is 71.3 Å². The summed E-state index contributed by atoms with van der Waals surface area (Å²) in [5.74, 6) is -1.12. The SMILES string of the molecule is CN(C)C(CNC(=O)CC(O)c1cccc(F)c1)c1ccc(F)cc1. The fourth-order valence-corrected chi connectivity index (χ4v) is 2.57. The van der Waals surface area contributed by atoms with Crippen LogP contribution in [0.4, 0.5) is 8.78 Å². The van der Waals surface area contributed by atoms with Crippen LogP contribution >= 0.6 is 0 Å². The number of benzene rings is 2. The van der Waals surface area contributed by atoms with Crippen LogP contribution in [-0.2, 0) is 4.79 Å². The molecule has 0 saturated carbocycles. The van der Waals surface area contributed by atoms with Crippen molar-refractivity contribution in [2.45, 2.75) is 18.6 Å². The standard InChI is InChI=1S/C19H22F2N2O2/c1-23(2)17(13-6-8-15(20)9-7-13)12-22-19(25)11-18(24)14-4-3-5-16(21)10-14/h3-10,17-18,24H,11-12H2,1-2H3,(H,22,25). The molecule has 0 aromatic heterocycles. The molecule has 0 spiro atoms. The van der Waals surface area contributed by atoms with Crippen LogP contribution in [-0.4, -0.2) is 36.6 Å². The zero-order valence-electron chi connectivity index (χ0n) is 14.2. The van der Waals surface area contributed by atoms with Gasteiger partial charge in [-0.3, -0.25) is 4.79 Å². The van der Waals surface area contributed by atoms with Gasteiger partial charge in [0, 0.05) is 6.54 Å². The molecule has 2 aromatic carbocycles. The number of hydrogen-bond donors (Lipinski definition) is 2. The van der Waals surface area contributed by atoms with Gasteiger partial charge in [-0.1, -0.05) is 24.3 Å². The Bertz CT molecular complexity index is 705. The summed E-state index contributed by atoms with van der Waals surface area (Å²) < 4.78 is 26.2. The number of likely N-dealkylation sites (N-methyl/N-ethyl adjacent to an activating group) is 1. The molecule has 25 heavy (non-hydrogen) atoms. The normalized spacial score (nSPS) is 13.5. The molecule has 1 amide bonds. The van der Waals surface area contributed by atoms with Crippen LogP contribution in [0.1, 0.15) is 29.7 Å². The van der Waals surface area contributed by atoms with Crippen LogP contribution in [0, 0.1) is 11.6 Å². The van der Waals surface area contributed by atoms with Crippen LogP contribution in [0.2, 0.25) is 0 Å². The molecule has 2 rings (SSSR count). The Hall–Kier alpha value is -2.31. The summed E-state index contributed by atoms with van der Waals surface area (Å²) >= 11 is 0. The van der Waals surface area contributed by atoms with E-state index in [1.54, 1.807) is 18.2 Å². The maximum absolute atomic E-state index is 13.2. The van der Waals surface area contributed by atoms with E-state index >= 15 is 0 Å². The first-order valence-corrected chi connectivity index (χ1v) is 7.99. The molecule has 0 aliphatic heterocycles. The molecule has 0 heterocycles. The van der Waals surface area contributed by atoms with E-state index in [1.807, 2.05) is 19.0 Å². The molecule has 0 aliphatic carbocycles. The third-order valence-electron chi connectivity index (χ3n) is 3.98. The third kappa shape index (κ3) is 5.62. The van der Waals surface area contributed by atoms with Gasteiger partial charge in [-0.15, -0.1) is 0 Å². The lowest BCUT2D eigenvalue weighted by molar-refractivity contribution is -0.123. The second-order valence-corrected chi connectivity index (χ2v) is 6.11. The average molecular weight is 348 g/mol. The van der Waals surface area contributed by atoms with E-state index in [4.69, 9.17) is 0 Å². The lowest BCUT2D eigenvalue weighted by Gasteiger charge is -2.25. The van der Waals surface area contributed by atoms with E-state index in [0.717, 1.165) is 5.56 Å². The molecule has 2 aromatic rings. The topological polar surface area (TPSA) is 52.6 Å². The molecule has 2 atom stereocenters. The minimum absolute atomic E-state index is 0.129. The molecule has 6 heteroatoms. The number of rotatable bonds is 7. The van der Waals surface area contributed by atoms with E-state index in [2.05, 4.69) is 5.32 Å². The number of amides is 1. The van der Waals surface area contributed by atoms with E-state index in [9.17, 15) is 18.7 Å². The summed E-state index contributed by atoms with van der Waals surface area (Å²) in [4.78, 5) is 14.0. The zero-order valence-corrected chi connectivity index (χ0v) is 14.2. The van der Waals surface area contributed by atoms with E-state index in [0.29, 0.717) is 12.1 Å². The molecule has 4 nitrogen and oxygen atoms in total. The van der Waals surface area contributed by atoms with Gasteiger partial charge in [0.15, 0.2) is 0 Å². The first-order chi connectivity index (χ1) is 11.9. The average Bonchev–Trinajstić information content (AvgIpc) is 2.56. The van der Waals surface area contributed by atoms with Crippen LogP contribution in [0.25, 0.3) is 0 Å². The van der Waals surface area contributed by atoms with Gasteiger partial charge < -0.3 is 15.3 Å². The highest BCUT2D eigenvalue weighted by Gasteiger charge is 2.18. The van der Waals surface area contributed by atoms with Gasteiger partial charge in [0.05, 0.1) is 18.6 Å². The Labute approximate surface area is 146 Å². The van der Waals surface area contributed by atoms with Crippen molar-refractivity contribution in [1.82, 2.24) is 10.2 Å². The number of hydrogen-bond acceptors (Lipinski definition) is 3. The summed E-state index contributed by atoms with van der Waals surface area (Å²) in [7, 11) is 3.73. The van der Waals surface area contributed by atoms with Crippen molar-refractivity contribution in [1.29, 1.82) is 0 Å². The second kappa shape index (κ2) is 8.69.